The van der Waals surface area contributed by atoms with Crippen molar-refractivity contribution in [2.45, 2.75) is 44.6 Å². The number of hydrazine groups is 1. The Morgan fingerprint density at radius 3 is 3.00 bits per heavy atom. The summed E-state index contributed by atoms with van der Waals surface area (Å²) < 4.78 is 0. The number of nitrogens with two attached hydrogens (primary N) is 1. The first-order chi connectivity index (χ1) is 7.61. The number of hydroxylamine groups is 1. The van der Waals surface area contributed by atoms with Gasteiger partial charge in [0.1, 0.15) is 6.29 Å². The summed E-state index contributed by atoms with van der Waals surface area (Å²) in [4.78, 5) is 0. The Kier molecular flexibility index (Phi) is 3.41. The number of nitrogens with one attached hydrogen (secondary N) is 2. The number of hydrogen-bond acceptors (Lipinski definition) is 7. The molecule has 4 atom stereocenters. The second kappa shape index (κ2) is 4.64. The van der Waals surface area contributed by atoms with Crippen LogP contribution in [-0.2, 0) is 0 Å². The molecule has 7 nitrogen and oxygen atoms in total. The quantitative estimate of drug-likeness (QED) is 0.274. The Labute approximate surface area is 94.2 Å². The van der Waals surface area contributed by atoms with Crippen molar-refractivity contribution in [3.8, 4) is 0 Å². The molecule has 0 spiro atoms. The molecule has 0 radical (unpaired) electrons. The number of nitrogens with zero attached hydrogens (tertiary/aromatic N) is 2. The molecular weight excluding hydrogens is 210 g/mol. The summed E-state index contributed by atoms with van der Waals surface area (Å²) >= 11 is 0. The first-order valence-electron chi connectivity index (χ1n) is 5.54. The summed E-state index contributed by atoms with van der Waals surface area (Å²) in [6, 6.07) is -0.0215. The average Bonchev–Trinajstić information content (AvgIpc) is 2.27. The highest BCUT2D eigenvalue weighted by molar-refractivity contribution is 5.83. The lowest BCUT2D eigenvalue weighted by atomic mass is 9.80. The minimum atomic E-state index is -0.470. The van der Waals surface area contributed by atoms with Crippen molar-refractivity contribution in [1.29, 1.82) is 0 Å². The van der Waals surface area contributed by atoms with Crippen molar-refractivity contribution in [3.05, 3.63) is 5.21 Å². The summed E-state index contributed by atoms with van der Waals surface area (Å²) in [5, 5.41) is 27.6. The van der Waals surface area contributed by atoms with Crippen LogP contribution in [0.15, 0.2) is 5.16 Å². The van der Waals surface area contributed by atoms with Gasteiger partial charge in [-0.25, -0.2) is 5.43 Å². The van der Waals surface area contributed by atoms with E-state index in [1.807, 2.05) is 0 Å². The number of fused-ring (bicyclic) bond motifs is 1. The molecule has 0 bridgehead atoms. The summed E-state index contributed by atoms with van der Waals surface area (Å²) in [6.45, 7) is 1.79. The Hall–Kier alpha value is -0.730. The minimum Gasteiger partial charge on any atom is -0.771 e. The van der Waals surface area contributed by atoms with Gasteiger partial charge in [-0.15, -0.1) is 0 Å². The van der Waals surface area contributed by atoms with Crippen LogP contribution in [0.1, 0.15) is 26.2 Å². The van der Waals surface area contributed by atoms with Crippen LogP contribution in [0.4, 0.5) is 0 Å². The van der Waals surface area contributed by atoms with Crippen LogP contribution in [0.5, 0.6) is 0 Å². The van der Waals surface area contributed by atoms with Crippen molar-refractivity contribution < 1.29 is 5.21 Å². The van der Waals surface area contributed by atoms with E-state index in [0.717, 1.165) is 18.0 Å². The maximum Gasteiger partial charge on any atom is 0.121 e. The number of oxime groups is 1. The molecule has 1 saturated heterocycles. The SMILES string of the molecule is C/C(=N\O)C1CCC2NC(N)NN([O-])C2C1. The van der Waals surface area contributed by atoms with Gasteiger partial charge in [-0.2, -0.15) is 0 Å². The van der Waals surface area contributed by atoms with Crippen molar-refractivity contribution in [3.63, 3.8) is 0 Å². The standard InChI is InChI=1S/C9H18N5O2/c1-5(13-15)6-2-3-7-8(4-6)14(16)12-9(10)11-7/h6-9,11-12,15H,2-4,10H2,1H3/q-1/b13-5+. The fourth-order valence-corrected chi connectivity index (χ4v) is 2.56. The smallest absolute Gasteiger partial charge is 0.121 e. The Morgan fingerprint density at radius 2 is 2.31 bits per heavy atom. The van der Waals surface area contributed by atoms with E-state index in [-0.39, 0.29) is 18.0 Å². The molecule has 0 aromatic heterocycles. The van der Waals surface area contributed by atoms with Gasteiger partial charge >= 0.3 is 0 Å². The van der Waals surface area contributed by atoms with Gasteiger partial charge in [0.15, 0.2) is 0 Å². The molecule has 1 saturated carbocycles. The second-order valence-electron chi connectivity index (χ2n) is 4.52. The molecule has 2 aliphatic rings. The summed E-state index contributed by atoms with van der Waals surface area (Å²) in [6.07, 6.45) is 2.01. The monoisotopic (exact) mass is 228 g/mol. The van der Waals surface area contributed by atoms with E-state index in [2.05, 4.69) is 15.9 Å². The topological polar surface area (TPSA) is 109 Å². The van der Waals surface area contributed by atoms with E-state index in [4.69, 9.17) is 10.9 Å². The lowest BCUT2D eigenvalue weighted by molar-refractivity contribution is 0.0320. The number of rotatable bonds is 1. The highest BCUT2D eigenvalue weighted by Crippen LogP contribution is 2.29. The van der Waals surface area contributed by atoms with E-state index in [1.165, 1.54) is 0 Å². The van der Waals surface area contributed by atoms with Crippen LogP contribution in [0.25, 0.3) is 0 Å². The normalized spacial score (nSPS) is 41.8. The van der Waals surface area contributed by atoms with Crippen molar-refractivity contribution in [2.75, 3.05) is 0 Å². The third kappa shape index (κ3) is 2.18. The highest BCUT2D eigenvalue weighted by atomic mass is 16.5. The van der Waals surface area contributed by atoms with Gasteiger partial charge in [-0.1, -0.05) is 5.16 Å². The van der Waals surface area contributed by atoms with E-state index < -0.39 is 6.29 Å². The summed E-state index contributed by atoms with van der Waals surface area (Å²) in [7, 11) is 0. The van der Waals surface area contributed by atoms with Gasteiger partial charge < -0.3 is 21.3 Å². The van der Waals surface area contributed by atoms with E-state index >= 15 is 0 Å². The zero-order valence-corrected chi connectivity index (χ0v) is 9.26. The molecule has 16 heavy (non-hydrogen) atoms. The first kappa shape index (κ1) is 11.7. The van der Waals surface area contributed by atoms with Crippen LogP contribution >= 0.6 is 0 Å². The molecule has 5 N–H and O–H groups in total. The van der Waals surface area contributed by atoms with Crippen LogP contribution in [0.3, 0.4) is 0 Å². The Bertz CT molecular complexity index is 285. The second-order valence-corrected chi connectivity index (χ2v) is 4.52. The molecule has 2 fully saturated rings. The van der Waals surface area contributed by atoms with Gasteiger partial charge in [0.2, 0.25) is 0 Å². The van der Waals surface area contributed by atoms with Gasteiger partial charge in [-0.05, 0) is 26.2 Å². The Balaban J connectivity index is 2.03. The first-order valence-corrected chi connectivity index (χ1v) is 5.54. The molecule has 4 unspecified atom stereocenters. The zero-order chi connectivity index (χ0) is 11.7. The zero-order valence-electron chi connectivity index (χ0n) is 9.26. The number of hydrogen-bond donors (Lipinski definition) is 4. The lowest BCUT2D eigenvalue weighted by Crippen LogP contribution is -2.71. The molecule has 0 amide bonds. The Morgan fingerprint density at radius 1 is 1.56 bits per heavy atom. The minimum absolute atomic E-state index is 0.122. The van der Waals surface area contributed by atoms with Gasteiger partial charge in [-0.3, -0.25) is 5.32 Å². The maximum atomic E-state index is 11.7. The van der Waals surface area contributed by atoms with E-state index in [9.17, 15) is 5.21 Å². The van der Waals surface area contributed by atoms with Gasteiger partial charge in [0, 0.05) is 18.0 Å². The molecule has 0 aromatic rings. The fraction of sp³-hybridized carbons (Fsp3) is 0.889. The molecule has 92 valence electrons. The molecule has 2 rings (SSSR count). The highest BCUT2D eigenvalue weighted by Gasteiger charge is 2.36. The van der Waals surface area contributed by atoms with Gasteiger partial charge in [0.25, 0.3) is 0 Å². The third-order valence-electron chi connectivity index (χ3n) is 3.53. The predicted molar refractivity (Wildman–Crippen MR) is 59.3 cm³/mol. The summed E-state index contributed by atoms with van der Waals surface area (Å²) in [5.74, 6) is 0.181. The third-order valence-corrected chi connectivity index (χ3v) is 3.53. The molecule has 1 aliphatic heterocycles. The van der Waals surface area contributed by atoms with E-state index in [1.54, 1.807) is 6.92 Å². The molecule has 7 heteroatoms. The lowest BCUT2D eigenvalue weighted by Gasteiger charge is -2.52. The molecule has 0 aromatic carbocycles. The molecule has 1 heterocycles. The van der Waals surface area contributed by atoms with Crippen molar-refractivity contribution >= 4 is 5.71 Å². The molecule has 1 aliphatic carbocycles. The maximum absolute atomic E-state index is 11.7. The van der Waals surface area contributed by atoms with Crippen molar-refractivity contribution in [1.82, 2.24) is 15.9 Å². The largest absolute Gasteiger partial charge is 0.771 e. The fourth-order valence-electron chi connectivity index (χ4n) is 2.56. The van der Waals surface area contributed by atoms with E-state index in [0.29, 0.717) is 12.1 Å². The summed E-state index contributed by atoms with van der Waals surface area (Å²) in [5.41, 5.74) is 8.92. The van der Waals surface area contributed by atoms with Gasteiger partial charge in [0.05, 0.1) is 5.71 Å². The van der Waals surface area contributed by atoms with Crippen LogP contribution in [0.2, 0.25) is 0 Å². The van der Waals surface area contributed by atoms with Crippen LogP contribution < -0.4 is 16.5 Å². The predicted octanol–water partition coefficient (Wildman–Crippen LogP) is -0.476. The van der Waals surface area contributed by atoms with Crippen LogP contribution in [-0.4, -0.2) is 34.5 Å². The molecular formula is C9H18N5O2-. The van der Waals surface area contributed by atoms with Crippen molar-refractivity contribution in [2.24, 2.45) is 16.8 Å². The van der Waals surface area contributed by atoms with Crippen LogP contribution in [0, 0.1) is 11.1 Å². The average molecular weight is 228 g/mol.